The predicted octanol–water partition coefficient (Wildman–Crippen LogP) is 3.53. The van der Waals surface area contributed by atoms with Crippen LogP contribution in [0.25, 0.3) is 0 Å². The first-order chi connectivity index (χ1) is 10.1. The Labute approximate surface area is 126 Å². The summed E-state index contributed by atoms with van der Waals surface area (Å²) in [7, 11) is 0. The van der Waals surface area contributed by atoms with Crippen molar-refractivity contribution in [2.75, 3.05) is 6.54 Å². The summed E-state index contributed by atoms with van der Waals surface area (Å²) in [4.78, 5) is 0. The smallest absolute Gasteiger partial charge is 0.132 e. The maximum absolute atomic E-state index is 5.85. The number of aromatic amines is 1. The van der Waals surface area contributed by atoms with Crippen LogP contribution in [0.15, 0.2) is 24.3 Å². The minimum atomic E-state index is 0.492. The quantitative estimate of drug-likeness (QED) is 0.819. The molecule has 21 heavy (non-hydrogen) atoms. The highest BCUT2D eigenvalue weighted by Crippen LogP contribution is 2.20. The molecule has 114 valence electrons. The Bertz CT molecular complexity index is 558. The normalized spacial score (nSPS) is 11.1. The van der Waals surface area contributed by atoms with Crippen LogP contribution >= 0.6 is 0 Å². The van der Waals surface area contributed by atoms with Gasteiger partial charge < -0.3 is 10.1 Å². The summed E-state index contributed by atoms with van der Waals surface area (Å²) < 4.78 is 5.85. The van der Waals surface area contributed by atoms with Crippen LogP contribution in [-0.4, -0.2) is 16.7 Å². The molecule has 0 saturated carbocycles. The number of rotatable bonds is 7. The van der Waals surface area contributed by atoms with E-state index in [4.69, 9.17) is 4.74 Å². The van der Waals surface area contributed by atoms with Crippen molar-refractivity contribution in [3.8, 4) is 5.75 Å². The fourth-order valence-corrected chi connectivity index (χ4v) is 2.21. The summed E-state index contributed by atoms with van der Waals surface area (Å²) in [5.74, 6) is 1.43. The molecule has 2 aromatic rings. The highest BCUT2D eigenvalue weighted by Gasteiger charge is 2.10. The molecular weight excluding hydrogens is 262 g/mol. The maximum atomic E-state index is 5.85. The number of aryl methyl sites for hydroxylation is 1. The lowest BCUT2D eigenvalue weighted by Gasteiger charge is -2.09. The van der Waals surface area contributed by atoms with Gasteiger partial charge in [-0.05, 0) is 37.1 Å². The second-order valence-electron chi connectivity index (χ2n) is 5.57. The van der Waals surface area contributed by atoms with Crippen LogP contribution in [-0.2, 0) is 13.2 Å². The Morgan fingerprint density at radius 3 is 2.57 bits per heavy atom. The van der Waals surface area contributed by atoms with Crippen molar-refractivity contribution in [1.82, 2.24) is 15.5 Å². The van der Waals surface area contributed by atoms with Crippen LogP contribution < -0.4 is 10.1 Å². The summed E-state index contributed by atoms with van der Waals surface area (Å²) in [6.07, 6.45) is 0. The molecule has 0 radical (unpaired) electrons. The number of aromatic nitrogens is 2. The zero-order valence-corrected chi connectivity index (χ0v) is 13.4. The Morgan fingerprint density at radius 2 is 1.95 bits per heavy atom. The molecule has 2 N–H and O–H groups in total. The standard InChI is InChI=1S/C17H25N3O/c1-5-18-10-16-13(4)19-20-17(16)11-21-15-8-6-14(7-9-15)12(2)3/h6-9,12,18H,5,10-11H2,1-4H3,(H,19,20). The molecule has 0 saturated heterocycles. The third kappa shape index (κ3) is 4.08. The van der Waals surface area contributed by atoms with E-state index in [1.54, 1.807) is 0 Å². The predicted molar refractivity (Wildman–Crippen MR) is 85.6 cm³/mol. The Balaban J connectivity index is 1.99. The first-order valence-electron chi connectivity index (χ1n) is 7.58. The largest absolute Gasteiger partial charge is 0.487 e. The molecule has 1 heterocycles. The molecular formula is C17H25N3O. The van der Waals surface area contributed by atoms with Crippen molar-refractivity contribution in [2.45, 2.75) is 46.8 Å². The van der Waals surface area contributed by atoms with E-state index < -0.39 is 0 Å². The minimum absolute atomic E-state index is 0.492. The molecule has 0 fully saturated rings. The first-order valence-corrected chi connectivity index (χ1v) is 7.58. The van der Waals surface area contributed by atoms with Crippen LogP contribution in [0.5, 0.6) is 5.75 Å². The number of H-pyrrole nitrogens is 1. The molecule has 0 unspecified atom stereocenters. The minimum Gasteiger partial charge on any atom is -0.487 e. The van der Waals surface area contributed by atoms with Crippen molar-refractivity contribution in [2.24, 2.45) is 0 Å². The lowest BCUT2D eigenvalue weighted by atomic mass is 10.0. The van der Waals surface area contributed by atoms with Gasteiger partial charge in [0.25, 0.3) is 0 Å². The molecule has 0 aliphatic heterocycles. The third-order valence-electron chi connectivity index (χ3n) is 3.63. The molecule has 2 rings (SSSR count). The van der Waals surface area contributed by atoms with Gasteiger partial charge in [0.2, 0.25) is 0 Å². The maximum Gasteiger partial charge on any atom is 0.132 e. The molecule has 0 aliphatic rings. The monoisotopic (exact) mass is 287 g/mol. The van der Waals surface area contributed by atoms with E-state index in [1.165, 1.54) is 11.1 Å². The van der Waals surface area contributed by atoms with Crippen LogP contribution in [0.2, 0.25) is 0 Å². The van der Waals surface area contributed by atoms with Crippen molar-refractivity contribution in [3.05, 3.63) is 46.8 Å². The van der Waals surface area contributed by atoms with E-state index in [0.717, 1.165) is 30.2 Å². The first kappa shape index (κ1) is 15.6. The summed E-state index contributed by atoms with van der Waals surface area (Å²) >= 11 is 0. The molecule has 0 aliphatic carbocycles. The van der Waals surface area contributed by atoms with Crippen LogP contribution in [0.3, 0.4) is 0 Å². The number of nitrogens with one attached hydrogen (secondary N) is 2. The Hall–Kier alpha value is -1.81. The van der Waals surface area contributed by atoms with Crippen molar-refractivity contribution < 1.29 is 4.74 Å². The summed E-state index contributed by atoms with van der Waals surface area (Å²) in [5.41, 5.74) is 4.60. The van der Waals surface area contributed by atoms with E-state index in [0.29, 0.717) is 12.5 Å². The molecule has 0 amide bonds. The summed E-state index contributed by atoms with van der Waals surface area (Å²) in [5, 5.41) is 10.7. The molecule has 1 aromatic carbocycles. The van der Waals surface area contributed by atoms with E-state index >= 15 is 0 Å². The van der Waals surface area contributed by atoms with E-state index in [2.05, 4.69) is 48.4 Å². The SMILES string of the molecule is CCNCc1c(COc2ccc(C(C)C)cc2)n[nH]c1C. The van der Waals surface area contributed by atoms with Gasteiger partial charge in [0.1, 0.15) is 18.1 Å². The van der Waals surface area contributed by atoms with Crippen LogP contribution in [0.4, 0.5) is 0 Å². The van der Waals surface area contributed by atoms with Gasteiger partial charge in [-0.2, -0.15) is 5.10 Å². The van der Waals surface area contributed by atoms with E-state index in [1.807, 2.05) is 19.1 Å². The van der Waals surface area contributed by atoms with Crippen LogP contribution in [0.1, 0.15) is 49.2 Å². The van der Waals surface area contributed by atoms with Gasteiger partial charge in [0.05, 0.1) is 0 Å². The highest BCUT2D eigenvalue weighted by atomic mass is 16.5. The zero-order valence-electron chi connectivity index (χ0n) is 13.4. The Morgan fingerprint density at radius 1 is 1.24 bits per heavy atom. The second kappa shape index (κ2) is 7.27. The number of nitrogens with zero attached hydrogens (tertiary/aromatic N) is 1. The third-order valence-corrected chi connectivity index (χ3v) is 3.63. The van der Waals surface area contributed by atoms with Crippen molar-refractivity contribution in [3.63, 3.8) is 0 Å². The van der Waals surface area contributed by atoms with Gasteiger partial charge in [-0.1, -0.05) is 32.9 Å². The average Bonchev–Trinajstić information content (AvgIpc) is 2.83. The van der Waals surface area contributed by atoms with Gasteiger partial charge in [-0.15, -0.1) is 0 Å². The van der Waals surface area contributed by atoms with Gasteiger partial charge >= 0.3 is 0 Å². The molecule has 4 heteroatoms. The second-order valence-corrected chi connectivity index (χ2v) is 5.57. The lowest BCUT2D eigenvalue weighted by molar-refractivity contribution is 0.299. The van der Waals surface area contributed by atoms with Gasteiger partial charge in [0, 0.05) is 17.8 Å². The van der Waals surface area contributed by atoms with Gasteiger partial charge in [-0.3, -0.25) is 5.10 Å². The molecule has 0 spiro atoms. The summed E-state index contributed by atoms with van der Waals surface area (Å²) in [6.45, 7) is 10.8. The fourth-order valence-electron chi connectivity index (χ4n) is 2.21. The topological polar surface area (TPSA) is 49.9 Å². The Kier molecular flexibility index (Phi) is 5.39. The number of hydrogen-bond acceptors (Lipinski definition) is 3. The van der Waals surface area contributed by atoms with Gasteiger partial charge in [-0.25, -0.2) is 0 Å². The molecule has 1 aromatic heterocycles. The number of ether oxygens (including phenoxy) is 1. The average molecular weight is 287 g/mol. The number of benzene rings is 1. The zero-order chi connectivity index (χ0) is 15.2. The molecule has 0 atom stereocenters. The lowest BCUT2D eigenvalue weighted by Crippen LogP contribution is -2.14. The van der Waals surface area contributed by atoms with E-state index in [9.17, 15) is 0 Å². The summed E-state index contributed by atoms with van der Waals surface area (Å²) in [6, 6.07) is 8.29. The molecule has 4 nitrogen and oxygen atoms in total. The van der Waals surface area contributed by atoms with Crippen molar-refractivity contribution in [1.29, 1.82) is 0 Å². The number of hydrogen-bond donors (Lipinski definition) is 2. The van der Waals surface area contributed by atoms with Gasteiger partial charge in [0.15, 0.2) is 0 Å². The fraction of sp³-hybridized carbons (Fsp3) is 0.471. The van der Waals surface area contributed by atoms with Crippen molar-refractivity contribution >= 4 is 0 Å². The molecule has 0 bridgehead atoms. The van der Waals surface area contributed by atoms with Crippen LogP contribution in [0, 0.1) is 6.92 Å². The highest BCUT2D eigenvalue weighted by molar-refractivity contribution is 5.30. The van der Waals surface area contributed by atoms with E-state index in [-0.39, 0.29) is 0 Å².